The van der Waals surface area contributed by atoms with Crippen molar-refractivity contribution in [3.05, 3.63) is 12.3 Å². The van der Waals surface area contributed by atoms with E-state index in [4.69, 9.17) is 4.74 Å². The molecule has 5 nitrogen and oxygen atoms in total. The van der Waals surface area contributed by atoms with Gasteiger partial charge in [-0.3, -0.25) is 9.89 Å². The van der Waals surface area contributed by atoms with Crippen LogP contribution in [0, 0.1) is 5.92 Å². The maximum Gasteiger partial charge on any atom is 0.327 e. The number of nitrogens with one attached hydrogen (secondary N) is 2. The molecule has 0 unspecified atom stereocenters. The third-order valence-electron chi connectivity index (χ3n) is 2.79. The highest BCUT2D eigenvalue weighted by Gasteiger charge is 2.47. The Kier molecular flexibility index (Phi) is 3.37. The Bertz CT molecular complexity index is 375. The van der Waals surface area contributed by atoms with Gasteiger partial charge in [-0.1, -0.05) is 0 Å². The molecule has 1 amide bonds. The van der Waals surface area contributed by atoms with Crippen LogP contribution in [-0.2, 0) is 9.53 Å². The number of hydrogen-bond acceptors (Lipinski definition) is 3. The average Bonchev–Trinajstić information content (AvgIpc) is 2.83. The molecule has 1 aliphatic heterocycles. The zero-order valence-electron chi connectivity index (χ0n) is 9.08. The SMILES string of the molecule is O=C(Nc1ccn[nH]1)C(F)(F)C1CCOCC1. The monoisotopic (exact) mass is 245 g/mol. The van der Waals surface area contributed by atoms with E-state index in [0.717, 1.165) is 0 Å². The van der Waals surface area contributed by atoms with E-state index in [1.165, 1.54) is 12.3 Å². The normalized spacial score (nSPS) is 18.0. The van der Waals surface area contributed by atoms with Gasteiger partial charge in [-0.2, -0.15) is 13.9 Å². The number of ether oxygens (including phenoxy) is 1. The van der Waals surface area contributed by atoms with E-state index >= 15 is 0 Å². The number of aromatic amines is 1. The number of halogens is 2. The van der Waals surface area contributed by atoms with E-state index in [2.05, 4.69) is 15.5 Å². The van der Waals surface area contributed by atoms with Crippen LogP contribution in [0.1, 0.15) is 12.8 Å². The molecule has 0 atom stereocenters. The standard InChI is InChI=1S/C10H13F2N3O2/c11-10(12,7-2-5-17-6-3-7)9(16)14-8-1-4-13-15-8/h1,4,7H,2-3,5-6H2,(H2,13,14,15,16). The molecule has 0 aliphatic carbocycles. The zero-order chi connectivity index (χ0) is 12.3. The van der Waals surface area contributed by atoms with E-state index in [1.807, 2.05) is 0 Å². The Hall–Kier alpha value is -1.50. The first-order valence-electron chi connectivity index (χ1n) is 5.37. The van der Waals surface area contributed by atoms with Crippen molar-refractivity contribution < 1.29 is 18.3 Å². The molecule has 0 saturated carbocycles. The predicted octanol–water partition coefficient (Wildman–Crippen LogP) is 1.41. The van der Waals surface area contributed by atoms with Crippen LogP contribution in [0.4, 0.5) is 14.6 Å². The van der Waals surface area contributed by atoms with Crippen LogP contribution in [0.25, 0.3) is 0 Å². The molecule has 0 spiro atoms. The number of rotatable bonds is 3. The minimum Gasteiger partial charge on any atom is -0.381 e. The van der Waals surface area contributed by atoms with Crippen molar-refractivity contribution in [3.63, 3.8) is 0 Å². The number of amides is 1. The number of hydrogen-bond donors (Lipinski definition) is 2. The Morgan fingerprint density at radius 1 is 1.53 bits per heavy atom. The van der Waals surface area contributed by atoms with Gasteiger partial charge in [0.05, 0.1) is 6.20 Å². The van der Waals surface area contributed by atoms with Crippen molar-refractivity contribution in [1.82, 2.24) is 10.2 Å². The second-order valence-electron chi connectivity index (χ2n) is 3.93. The summed E-state index contributed by atoms with van der Waals surface area (Å²) in [7, 11) is 0. The van der Waals surface area contributed by atoms with E-state index in [-0.39, 0.29) is 31.9 Å². The molecule has 94 valence electrons. The molecule has 2 N–H and O–H groups in total. The lowest BCUT2D eigenvalue weighted by Gasteiger charge is -2.28. The molecule has 0 bridgehead atoms. The van der Waals surface area contributed by atoms with Crippen LogP contribution in [0.15, 0.2) is 12.3 Å². The van der Waals surface area contributed by atoms with Crippen molar-refractivity contribution >= 4 is 11.7 Å². The summed E-state index contributed by atoms with van der Waals surface area (Å²) in [5.41, 5.74) is 0. The van der Waals surface area contributed by atoms with E-state index in [0.29, 0.717) is 0 Å². The summed E-state index contributed by atoms with van der Waals surface area (Å²) in [6, 6.07) is 1.41. The summed E-state index contributed by atoms with van der Waals surface area (Å²) in [4.78, 5) is 11.5. The third kappa shape index (κ3) is 2.60. The minimum atomic E-state index is -3.38. The molecule has 1 aliphatic rings. The van der Waals surface area contributed by atoms with Crippen LogP contribution in [-0.4, -0.2) is 35.2 Å². The van der Waals surface area contributed by atoms with Gasteiger partial charge in [0.1, 0.15) is 5.82 Å². The first-order valence-corrected chi connectivity index (χ1v) is 5.37. The summed E-state index contributed by atoms with van der Waals surface area (Å²) < 4.78 is 32.6. The Morgan fingerprint density at radius 2 is 2.24 bits per heavy atom. The van der Waals surface area contributed by atoms with Crippen LogP contribution >= 0.6 is 0 Å². The molecule has 2 rings (SSSR count). The number of alkyl halides is 2. The first kappa shape index (κ1) is 12.0. The summed E-state index contributed by atoms with van der Waals surface area (Å²) in [5, 5.41) is 8.08. The van der Waals surface area contributed by atoms with Gasteiger partial charge < -0.3 is 10.1 Å². The summed E-state index contributed by atoms with van der Waals surface area (Å²) >= 11 is 0. The lowest BCUT2D eigenvalue weighted by atomic mass is 9.92. The number of H-pyrrole nitrogens is 1. The smallest absolute Gasteiger partial charge is 0.327 e. The second kappa shape index (κ2) is 4.79. The van der Waals surface area contributed by atoms with Crippen molar-refractivity contribution in [2.24, 2.45) is 5.92 Å². The molecule has 1 aromatic rings. The number of aromatic nitrogens is 2. The average molecular weight is 245 g/mol. The molecule has 1 fully saturated rings. The topological polar surface area (TPSA) is 67.0 Å². The molecule has 2 heterocycles. The van der Waals surface area contributed by atoms with Gasteiger partial charge in [0, 0.05) is 25.2 Å². The molecule has 7 heteroatoms. The second-order valence-corrected chi connectivity index (χ2v) is 3.93. The van der Waals surface area contributed by atoms with Gasteiger partial charge >= 0.3 is 5.92 Å². The molecule has 0 aromatic carbocycles. The fourth-order valence-electron chi connectivity index (χ4n) is 1.78. The number of carbonyl (C=O) groups excluding carboxylic acids is 1. The Morgan fingerprint density at radius 3 is 2.82 bits per heavy atom. The Balaban J connectivity index is 2.00. The lowest BCUT2D eigenvalue weighted by molar-refractivity contribution is -0.153. The quantitative estimate of drug-likeness (QED) is 0.846. The van der Waals surface area contributed by atoms with Gasteiger partial charge in [0.15, 0.2) is 0 Å². The molecular weight excluding hydrogens is 232 g/mol. The van der Waals surface area contributed by atoms with Gasteiger partial charge in [-0.05, 0) is 12.8 Å². The van der Waals surface area contributed by atoms with Crippen LogP contribution in [0.3, 0.4) is 0 Å². The van der Waals surface area contributed by atoms with Gasteiger partial charge in [0.2, 0.25) is 0 Å². The summed E-state index contributed by atoms with van der Waals surface area (Å²) in [6.07, 6.45) is 1.77. The zero-order valence-corrected chi connectivity index (χ0v) is 9.08. The van der Waals surface area contributed by atoms with Gasteiger partial charge in [0.25, 0.3) is 5.91 Å². The fourth-order valence-corrected chi connectivity index (χ4v) is 1.78. The number of carbonyl (C=O) groups is 1. The molecular formula is C10H13F2N3O2. The molecule has 1 saturated heterocycles. The highest BCUT2D eigenvalue weighted by Crippen LogP contribution is 2.33. The largest absolute Gasteiger partial charge is 0.381 e. The molecule has 0 radical (unpaired) electrons. The van der Waals surface area contributed by atoms with E-state index in [9.17, 15) is 13.6 Å². The maximum absolute atomic E-state index is 13.8. The van der Waals surface area contributed by atoms with Gasteiger partial charge in [-0.25, -0.2) is 0 Å². The highest BCUT2D eigenvalue weighted by atomic mass is 19.3. The summed E-state index contributed by atoms with van der Waals surface area (Å²) in [5.74, 6) is -5.47. The van der Waals surface area contributed by atoms with E-state index < -0.39 is 17.7 Å². The number of nitrogens with zero attached hydrogens (tertiary/aromatic N) is 1. The van der Waals surface area contributed by atoms with Gasteiger partial charge in [-0.15, -0.1) is 0 Å². The predicted molar refractivity (Wildman–Crippen MR) is 55.7 cm³/mol. The van der Waals surface area contributed by atoms with Crippen molar-refractivity contribution in [3.8, 4) is 0 Å². The minimum absolute atomic E-state index is 0.168. The maximum atomic E-state index is 13.8. The van der Waals surface area contributed by atoms with Crippen molar-refractivity contribution in [2.75, 3.05) is 18.5 Å². The Labute approximate surface area is 96.5 Å². The first-order chi connectivity index (χ1) is 8.10. The molecule has 17 heavy (non-hydrogen) atoms. The fraction of sp³-hybridized carbons (Fsp3) is 0.600. The van der Waals surface area contributed by atoms with E-state index in [1.54, 1.807) is 0 Å². The number of anilines is 1. The highest BCUT2D eigenvalue weighted by molar-refractivity contribution is 5.95. The van der Waals surface area contributed by atoms with Crippen molar-refractivity contribution in [2.45, 2.75) is 18.8 Å². The molecule has 1 aromatic heterocycles. The third-order valence-corrected chi connectivity index (χ3v) is 2.79. The van der Waals surface area contributed by atoms with Crippen LogP contribution in [0.2, 0.25) is 0 Å². The van der Waals surface area contributed by atoms with Crippen molar-refractivity contribution in [1.29, 1.82) is 0 Å². The lowest BCUT2D eigenvalue weighted by Crippen LogP contribution is -2.43. The van der Waals surface area contributed by atoms with Crippen LogP contribution in [0.5, 0.6) is 0 Å². The van der Waals surface area contributed by atoms with Crippen LogP contribution < -0.4 is 5.32 Å². The summed E-state index contributed by atoms with van der Waals surface area (Å²) in [6.45, 7) is 0.551.